The lowest BCUT2D eigenvalue weighted by Gasteiger charge is -2.16. The number of Topliss-reactive ketones (excluding diaryl/α,β-unsaturated/α-hetero) is 1. The maximum Gasteiger partial charge on any atom is 0.130 e. The Morgan fingerprint density at radius 1 is 1.00 bits per heavy atom. The Hall–Kier alpha value is -1.89. The molecule has 0 amide bonds. The summed E-state index contributed by atoms with van der Waals surface area (Å²) in [5.74, 6) is 0.594. The lowest BCUT2D eigenvalue weighted by atomic mass is 9.88. The van der Waals surface area contributed by atoms with Crippen molar-refractivity contribution >= 4 is 5.78 Å². The third-order valence-corrected chi connectivity index (χ3v) is 3.71. The molecule has 1 heteroatoms. The van der Waals surface area contributed by atoms with Crippen molar-refractivity contribution in [1.82, 2.24) is 0 Å². The Labute approximate surface area is 121 Å². The van der Waals surface area contributed by atoms with E-state index in [9.17, 15) is 4.79 Å². The summed E-state index contributed by atoms with van der Waals surface area (Å²) in [6, 6.07) is 19.1. The molecule has 0 aromatic heterocycles. The van der Waals surface area contributed by atoms with Crippen LogP contribution in [0.5, 0.6) is 0 Å². The van der Waals surface area contributed by atoms with Crippen molar-refractivity contribution in [2.24, 2.45) is 0 Å². The molecule has 0 saturated heterocycles. The normalized spacial score (nSPS) is 12.1. The first kappa shape index (κ1) is 14.5. The molecule has 0 unspecified atom stereocenters. The highest BCUT2D eigenvalue weighted by atomic mass is 16.1. The van der Waals surface area contributed by atoms with Crippen molar-refractivity contribution in [1.29, 1.82) is 0 Å². The Morgan fingerprint density at radius 2 is 1.65 bits per heavy atom. The van der Waals surface area contributed by atoms with E-state index in [0.717, 1.165) is 12.8 Å². The molecule has 1 nitrogen and oxygen atoms in total. The predicted molar refractivity (Wildman–Crippen MR) is 84.0 cm³/mol. The zero-order valence-corrected chi connectivity index (χ0v) is 12.3. The van der Waals surface area contributed by atoms with Gasteiger partial charge < -0.3 is 4.79 Å². The summed E-state index contributed by atoms with van der Waals surface area (Å²) in [5, 5.41) is 0. The van der Waals surface area contributed by atoms with E-state index in [0.29, 0.717) is 12.3 Å². The van der Waals surface area contributed by atoms with E-state index >= 15 is 0 Å². The highest BCUT2D eigenvalue weighted by Crippen LogP contribution is 2.26. The van der Waals surface area contributed by atoms with Gasteiger partial charge in [0.1, 0.15) is 5.78 Å². The highest BCUT2D eigenvalue weighted by Gasteiger charge is 2.13. The van der Waals surface area contributed by atoms with Crippen LogP contribution in [-0.4, -0.2) is 5.78 Å². The molecular weight excluding hydrogens is 244 g/mol. The van der Waals surface area contributed by atoms with E-state index in [1.165, 1.54) is 16.7 Å². The number of carbonyl (C=O) groups is 1. The summed E-state index contributed by atoms with van der Waals surface area (Å²) >= 11 is 0. The van der Waals surface area contributed by atoms with Gasteiger partial charge in [0.15, 0.2) is 0 Å². The maximum atomic E-state index is 11.5. The van der Waals surface area contributed by atoms with Gasteiger partial charge in [-0.1, -0.05) is 60.2 Å². The second-order valence-electron chi connectivity index (χ2n) is 5.54. The van der Waals surface area contributed by atoms with Crippen molar-refractivity contribution < 1.29 is 4.79 Å². The molecule has 0 aliphatic heterocycles. The molecule has 2 aromatic carbocycles. The zero-order chi connectivity index (χ0) is 14.4. The highest BCUT2D eigenvalue weighted by molar-refractivity contribution is 5.76. The van der Waals surface area contributed by atoms with Crippen LogP contribution >= 0.6 is 0 Å². The molecule has 0 radical (unpaired) electrons. The number of rotatable bonds is 6. The summed E-state index contributed by atoms with van der Waals surface area (Å²) in [6.07, 6.45) is 2.68. The minimum absolute atomic E-state index is 0.267. The van der Waals surface area contributed by atoms with Gasteiger partial charge in [-0.2, -0.15) is 0 Å². The second-order valence-corrected chi connectivity index (χ2v) is 5.54. The SMILES string of the molecule is CC(=O)C[C@@H](CCc1ccccc1)c1ccc(C)cc1. The first-order valence-corrected chi connectivity index (χ1v) is 7.25. The minimum Gasteiger partial charge on any atom is -0.300 e. The van der Waals surface area contributed by atoms with Crippen LogP contribution < -0.4 is 0 Å². The van der Waals surface area contributed by atoms with Crippen LogP contribution in [0.4, 0.5) is 0 Å². The van der Waals surface area contributed by atoms with Crippen LogP contribution in [0, 0.1) is 6.92 Å². The van der Waals surface area contributed by atoms with E-state index in [1.807, 2.05) is 6.07 Å². The molecule has 0 heterocycles. The average Bonchev–Trinajstić information content (AvgIpc) is 2.45. The van der Waals surface area contributed by atoms with Gasteiger partial charge in [0.05, 0.1) is 0 Å². The fraction of sp³-hybridized carbons (Fsp3) is 0.316. The van der Waals surface area contributed by atoms with Crippen LogP contribution in [0.15, 0.2) is 54.6 Å². The van der Waals surface area contributed by atoms with Gasteiger partial charge in [0.2, 0.25) is 0 Å². The number of aryl methyl sites for hydroxylation is 2. The Balaban J connectivity index is 2.07. The zero-order valence-electron chi connectivity index (χ0n) is 12.3. The van der Waals surface area contributed by atoms with Gasteiger partial charge >= 0.3 is 0 Å². The van der Waals surface area contributed by atoms with E-state index in [1.54, 1.807) is 6.92 Å². The summed E-state index contributed by atoms with van der Waals surface area (Å²) in [5.41, 5.74) is 3.88. The van der Waals surface area contributed by atoms with E-state index in [2.05, 4.69) is 55.5 Å². The van der Waals surface area contributed by atoms with E-state index in [-0.39, 0.29) is 5.78 Å². The molecule has 0 saturated carbocycles. The van der Waals surface area contributed by atoms with Crippen molar-refractivity contribution in [3.8, 4) is 0 Å². The number of hydrogen-bond acceptors (Lipinski definition) is 1. The van der Waals surface area contributed by atoms with Crippen LogP contribution in [0.3, 0.4) is 0 Å². The molecule has 2 rings (SSSR count). The minimum atomic E-state index is 0.267. The largest absolute Gasteiger partial charge is 0.300 e. The molecule has 1 atom stereocenters. The van der Waals surface area contributed by atoms with Crippen LogP contribution in [0.2, 0.25) is 0 Å². The fourth-order valence-corrected chi connectivity index (χ4v) is 2.56. The third kappa shape index (κ3) is 4.34. The predicted octanol–water partition coefficient (Wildman–Crippen LogP) is 4.69. The first-order valence-electron chi connectivity index (χ1n) is 7.25. The molecule has 2 aromatic rings. The molecule has 0 fully saturated rings. The molecular formula is C19H22O. The Bertz CT molecular complexity index is 540. The van der Waals surface area contributed by atoms with Gasteiger partial charge in [-0.15, -0.1) is 0 Å². The number of hydrogen-bond donors (Lipinski definition) is 0. The molecule has 104 valence electrons. The van der Waals surface area contributed by atoms with Gasteiger partial charge in [0, 0.05) is 6.42 Å². The third-order valence-electron chi connectivity index (χ3n) is 3.71. The lowest BCUT2D eigenvalue weighted by molar-refractivity contribution is -0.117. The van der Waals surface area contributed by atoms with E-state index in [4.69, 9.17) is 0 Å². The summed E-state index contributed by atoms with van der Waals surface area (Å²) in [6.45, 7) is 3.78. The molecule has 20 heavy (non-hydrogen) atoms. The van der Waals surface area contributed by atoms with Gasteiger partial charge in [-0.25, -0.2) is 0 Å². The standard InChI is InChI=1S/C19H22O/c1-15-8-11-18(12-9-15)19(14-16(2)20)13-10-17-6-4-3-5-7-17/h3-9,11-12,19H,10,13-14H2,1-2H3/t19-/m1/s1. The smallest absolute Gasteiger partial charge is 0.130 e. The summed E-state index contributed by atoms with van der Waals surface area (Å²) in [7, 11) is 0. The number of carbonyl (C=O) groups excluding carboxylic acids is 1. The fourth-order valence-electron chi connectivity index (χ4n) is 2.56. The number of ketones is 1. The van der Waals surface area contributed by atoms with Crippen molar-refractivity contribution in [3.63, 3.8) is 0 Å². The Kier molecular flexibility index (Phi) is 5.11. The van der Waals surface area contributed by atoms with Crippen molar-refractivity contribution in [2.45, 2.75) is 39.0 Å². The topological polar surface area (TPSA) is 17.1 Å². The van der Waals surface area contributed by atoms with Crippen LogP contribution in [-0.2, 0) is 11.2 Å². The quantitative estimate of drug-likeness (QED) is 0.741. The summed E-state index contributed by atoms with van der Waals surface area (Å²) in [4.78, 5) is 11.5. The maximum absolute atomic E-state index is 11.5. The molecule has 0 spiro atoms. The van der Waals surface area contributed by atoms with Crippen LogP contribution in [0.25, 0.3) is 0 Å². The second kappa shape index (κ2) is 7.04. The molecule has 0 aliphatic rings. The first-order chi connectivity index (χ1) is 9.65. The van der Waals surface area contributed by atoms with Crippen molar-refractivity contribution in [3.05, 3.63) is 71.3 Å². The van der Waals surface area contributed by atoms with Crippen molar-refractivity contribution in [2.75, 3.05) is 0 Å². The average molecular weight is 266 g/mol. The van der Waals surface area contributed by atoms with E-state index < -0.39 is 0 Å². The number of benzene rings is 2. The van der Waals surface area contributed by atoms with Gasteiger partial charge in [0.25, 0.3) is 0 Å². The molecule has 0 bridgehead atoms. The monoisotopic (exact) mass is 266 g/mol. The van der Waals surface area contributed by atoms with Gasteiger partial charge in [-0.05, 0) is 43.7 Å². The van der Waals surface area contributed by atoms with Crippen LogP contribution in [0.1, 0.15) is 42.4 Å². The lowest BCUT2D eigenvalue weighted by Crippen LogP contribution is -2.06. The summed E-state index contributed by atoms with van der Waals surface area (Å²) < 4.78 is 0. The Morgan fingerprint density at radius 3 is 2.25 bits per heavy atom. The molecule has 0 aliphatic carbocycles. The van der Waals surface area contributed by atoms with Gasteiger partial charge in [-0.3, -0.25) is 0 Å². The molecule has 0 N–H and O–H groups in total.